The van der Waals surface area contributed by atoms with Crippen molar-refractivity contribution >= 4 is 45.9 Å². The Bertz CT molecular complexity index is 772. The number of imidazole rings is 1. The van der Waals surface area contributed by atoms with Gasteiger partial charge in [-0.05, 0) is 42.3 Å². The van der Waals surface area contributed by atoms with Gasteiger partial charge < -0.3 is 16.0 Å². The monoisotopic (exact) mass is 320 g/mol. The topological polar surface area (TPSA) is 66.7 Å². The summed E-state index contributed by atoms with van der Waals surface area (Å²) in [5, 5.41) is 4.49. The van der Waals surface area contributed by atoms with Crippen LogP contribution < -0.4 is 11.1 Å². The van der Waals surface area contributed by atoms with Crippen molar-refractivity contribution in [1.29, 1.82) is 0 Å². The van der Waals surface area contributed by atoms with Crippen molar-refractivity contribution in [2.75, 3.05) is 5.32 Å². The number of aromatic amines is 1. The highest BCUT2D eigenvalue weighted by atomic mass is 35.5. The highest BCUT2D eigenvalue weighted by Gasteiger charge is 2.08. The first-order valence-electron chi connectivity index (χ1n) is 6.48. The van der Waals surface area contributed by atoms with Gasteiger partial charge in [-0.25, -0.2) is 4.98 Å². The molecule has 21 heavy (non-hydrogen) atoms. The number of nitrogens with two attached hydrogens (primary N) is 1. The van der Waals surface area contributed by atoms with Crippen LogP contribution in [0.1, 0.15) is 11.1 Å². The number of H-pyrrole nitrogens is 1. The molecule has 1 heterocycles. The summed E-state index contributed by atoms with van der Waals surface area (Å²) in [5.41, 5.74) is 10.1. The van der Waals surface area contributed by atoms with Gasteiger partial charge in [0.25, 0.3) is 0 Å². The lowest BCUT2D eigenvalue weighted by molar-refractivity contribution is 1.07. The third kappa shape index (κ3) is 2.83. The van der Waals surface area contributed by atoms with Gasteiger partial charge in [-0.15, -0.1) is 0 Å². The van der Waals surface area contributed by atoms with E-state index in [1.807, 2.05) is 37.3 Å². The summed E-state index contributed by atoms with van der Waals surface area (Å²) in [4.78, 5) is 7.67. The molecule has 0 aliphatic carbocycles. The molecule has 4 nitrogen and oxygen atoms in total. The van der Waals surface area contributed by atoms with Crippen LogP contribution in [0.5, 0.6) is 0 Å². The molecule has 0 saturated heterocycles. The van der Waals surface area contributed by atoms with Gasteiger partial charge in [0.2, 0.25) is 5.95 Å². The van der Waals surface area contributed by atoms with E-state index in [1.165, 1.54) is 0 Å². The fourth-order valence-corrected chi connectivity index (χ4v) is 2.44. The largest absolute Gasteiger partial charge is 0.326 e. The molecular weight excluding hydrogens is 307 g/mol. The van der Waals surface area contributed by atoms with Crippen LogP contribution in [0, 0.1) is 6.92 Å². The number of aryl methyl sites for hydroxylation is 1. The molecule has 4 N–H and O–H groups in total. The zero-order chi connectivity index (χ0) is 15.0. The third-order valence-electron chi connectivity index (χ3n) is 3.28. The molecule has 0 unspecified atom stereocenters. The SMILES string of the molecule is Cc1cc2[nH]c(Nc3cc(CN)ccc3Cl)nc2cc1Cl. The molecule has 0 aliphatic heterocycles. The van der Waals surface area contributed by atoms with E-state index in [1.54, 1.807) is 0 Å². The third-order valence-corrected chi connectivity index (χ3v) is 4.02. The summed E-state index contributed by atoms with van der Waals surface area (Å²) in [7, 11) is 0. The number of aromatic nitrogens is 2. The van der Waals surface area contributed by atoms with E-state index < -0.39 is 0 Å². The van der Waals surface area contributed by atoms with Gasteiger partial charge in [0.15, 0.2) is 0 Å². The standard InChI is InChI=1S/C15H14Cl2N4/c1-8-4-13-14(6-11(8)17)21-15(20-13)19-12-5-9(7-18)2-3-10(12)16/h2-6H,7,18H2,1H3,(H2,19,20,21). The Hall–Kier alpha value is -1.75. The van der Waals surface area contributed by atoms with Gasteiger partial charge in [-0.2, -0.15) is 0 Å². The molecule has 0 bridgehead atoms. The van der Waals surface area contributed by atoms with E-state index in [4.69, 9.17) is 28.9 Å². The minimum atomic E-state index is 0.459. The molecule has 6 heteroatoms. The first-order valence-corrected chi connectivity index (χ1v) is 7.24. The number of nitrogens with one attached hydrogen (secondary N) is 2. The molecule has 2 aromatic carbocycles. The molecular formula is C15H14Cl2N4. The number of fused-ring (bicyclic) bond motifs is 1. The van der Waals surface area contributed by atoms with Crippen LogP contribution >= 0.6 is 23.2 Å². The van der Waals surface area contributed by atoms with Crippen molar-refractivity contribution in [3.05, 3.63) is 51.5 Å². The molecule has 0 aliphatic rings. The quantitative estimate of drug-likeness (QED) is 0.670. The fourth-order valence-electron chi connectivity index (χ4n) is 2.12. The maximum atomic E-state index is 6.19. The highest BCUT2D eigenvalue weighted by Crippen LogP contribution is 2.28. The van der Waals surface area contributed by atoms with Gasteiger partial charge in [0, 0.05) is 11.6 Å². The maximum Gasteiger partial charge on any atom is 0.205 e. The second-order valence-corrected chi connectivity index (χ2v) is 5.66. The van der Waals surface area contributed by atoms with Gasteiger partial charge in [-0.1, -0.05) is 29.3 Å². The molecule has 0 radical (unpaired) electrons. The molecule has 1 aromatic heterocycles. The molecule has 0 amide bonds. The van der Waals surface area contributed by atoms with Crippen molar-refractivity contribution in [2.45, 2.75) is 13.5 Å². The van der Waals surface area contributed by atoms with Crippen molar-refractivity contribution in [3.63, 3.8) is 0 Å². The minimum Gasteiger partial charge on any atom is -0.326 e. The zero-order valence-electron chi connectivity index (χ0n) is 11.4. The van der Waals surface area contributed by atoms with Gasteiger partial charge in [0.05, 0.1) is 21.7 Å². The second-order valence-electron chi connectivity index (χ2n) is 4.85. The Kier molecular flexibility index (Phi) is 3.76. The number of hydrogen-bond donors (Lipinski definition) is 3. The van der Waals surface area contributed by atoms with Crippen LogP contribution in [-0.4, -0.2) is 9.97 Å². The number of anilines is 2. The summed E-state index contributed by atoms with van der Waals surface area (Å²) in [6.07, 6.45) is 0. The number of benzene rings is 2. The summed E-state index contributed by atoms with van der Waals surface area (Å²) in [5.74, 6) is 0.614. The Balaban J connectivity index is 1.98. The Morgan fingerprint density at radius 2 is 2.00 bits per heavy atom. The molecule has 108 valence electrons. The lowest BCUT2D eigenvalue weighted by Gasteiger charge is -2.07. The Labute approximate surface area is 132 Å². The number of nitrogens with zero attached hydrogens (tertiary/aromatic N) is 1. The predicted molar refractivity (Wildman–Crippen MR) is 88.5 cm³/mol. The highest BCUT2D eigenvalue weighted by molar-refractivity contribution is 6.33. The van der Waals surface area contributed by atoms with Crippen LogP contribution in [0.2, 0.25) is 10.0 Å². The molecule has 0 saturated carbocycles. The second kappa shape index (κ2) is 5.56. The van der Waals surface area contributed by atoms with E-state index in [9.17, 15) is 0 Å². The van der Waals surface area contributed by atoms with Crippen LogP contribution in [0.15, 0.2) is 30.3 Å². The zero-order valence-corrected chi connectivity index (χ0v) is 12.9. The molecule has 3 rings (SSSR count). The maximum absolute atomic E-state index is 6.19. The van der Waals surface area contributed by atoms with Crippen molar-refractivity contribution in [1.82, 2.24) is 9.97 Å². The van der Waals surface area contributed by atoms with Crippen LogP contribution in [0.3, 0.4) is 0 Å². The van der Waals surface area contributed by atoms with E-state index >= 15 is 0 Å². The van der Waals surface area contributed by atoms with Crippen LogP contribution in [-0.2, 0) is 6.54 Å². The van der Waals surface area contributed by atoms with Gasteiger partial charge in [-0.3, -0.25) is 0 Å². The molecule has 0 atom stereocenters. The van der Waals surface area contributed by atoms with E-state index in [0.717, 1.165) is 27.8 Å². The van der Waals surface area contributed by atoms with E-state index in [2.05, 4.69) is 15.3 Å². The summed E-state index contributed by atoms with van der Waals surface area (Å²) >= 11 is 12.3. The molecule has 3 aromatic rings. The predicted octanol–water partition coefficient (Wildman–Crippen LogP) is 4.38. The van der Waals surface area contributed by atoms with Crippen molar-refractivity contribution in [3.8, 4) is 0 Å². The summed E-state index contributed by atoms with van der Waals surface area (Å²) in [6.45, 7) is 2.41. The van der Waals surface area contributed by atoms with E-state index in [-0.39, 0.29) is 0 Å². The normalized spacial score (nSPS) is 11.0. The van der Waals surface area contributed by atoms with E-state index in [0.29, 0.717) is 22.5 Å². The lowest BCUT2D eigenvalue weighted by atomic mass is 10.2. The van der Waals surface area contributed by atoms with Crippen LogP contribution in [0.4, 0.5) is 11.6 Å². The summed E-state index contributed by atoms with van der Waals surface area (Å²) < 4.78 is 0. The first kappa shape index (κ1) is 14.2. The molecule has 0 fully saturated rings. The number of rotatable bonds is 3. The lowest BCUT2D eigenvalue weighted by Crippen LogP contribution is -1.99. The van der Waals surface area contributed by atoms with Gasteiger partial charge >= 0.3 is 0 Å². The Morgan fingerprint density at radius 1 is 1.19 bits per heavy atom. The molecule has 0 spiro atoms. The summed E-state index contributed by atoms with van der Waals surface area (Å²) in [6, 6.07) is 9.43. The van der Waals surface area contributed by atoms with Crippen molar-refractivity contribution in [2.24, 2.45) is 5.73 Å². The average Bonchev–Trinajstić information content (AvgIpc) is 2.83. The fraction of sp³-hybridized carbons (Fsp3) is 0.133. The van der Waals surface area contributed by atoms with Crippen molar-refractivity contribution < 1.29 is 0 Å². The Morgan fingerprint density at radius 3 is 2.76 bits per heavy atom. The average molecular weight is 321 g/mol. The van der Waals surface area contributed by atoms with Crippen LogP contribution in [0.25, 0.3) is 11.0 Å². The minimum absolute atomic E-state index is 0.459. The number of halogens is 2. The first-order chi connectivity index (χ1) is 10.1. The number of hydrogen-bond acceptors (Lipinski definition) is 3. The smallest absolute Gasteiger partial charge is 0.205 e. The van der Waals surface area contributed by atoms with Gasteiger partial charge in [0.1, 0.15) is 0 Å².